The Kier molecular flexibility index (Phi) is 7.05. The van der Waals surface area contributed by atoms with Crippen molar-refractivity contribution >= 4 is 26.0 Å². The zero-order valence-corrected chi connectivity index (χ0v) is 13.6. The Morgan fingerprint density at radius 3 is 2.55 bits per heavy atom. The Labute approximate surface area is 126 Å². The fourth-order valence-electron chi connectivity index (χ4n) is 1.91. The number of alkyl halides is 1. The van der Waals surface area contributed by atoms with Crippen LogP contribution in [0.1, 0.15) is 26.2 Å². The Balaban J connectivity index is 2.78. The molecule has 1 unspecified atom stereocenters. The molecule has 0 spiro atoms. The lowest BCUT2D eigenvalue weighted by Gasteiger charge is -2.16. The first-order chi connectivity index (χ1) is 9.40. The number of rotatable bonds is 8. The molecule has 3 nitrogen and oxygen atoms in total. The molecule has 1 atom stereocenters. The average molecular weight is 370 g/mol. The lowest BCUT2D eigenvalue weighted by atomic mass is 10.0. The smallest absolute Gasteiger partial charge is 0.211 e. The van der Waals surface area contributed by atoms with E-state index in [1.807, 2.05) is 6.92 Å². The normalized spacial score (nSPS) is 13.4. The minimum Gasteiger partial charge on any atom is -0.211 e. The van der Waals surface area contributed by atoms with E-state index >= 15 is 0 Å². The maximum Gasteiger partial charge on any atom is 0.243 e. The van der Waals surface area contributed by atoms with E-state index in [-0.39, 0.29) is 12.5 Å². The van der Waals surface area contributed by atoms with Gasteiger partial charge in [-0.2, -0.15) is 0 Å². The van der Waals surface area contributed by atoms with Crippen LogP contribution in [0, 0.1) is 17.6 Å². The highest BCUT2D eigenvalue weighted by atomic mass is 79.9. The second-order valence-corrected chi connectivity index (χ2v) is 7.09. The van der Waals surface area contributed by atoms with Crippen molar-refractivity contribution < 1.29 is 17.2 Å². The second kappa shape index (κ2) is 8.05. The van der Waals surface area contributed by atoms with Gasteiger partial charge in [-0.15, -0.1) is 0 Å². The SMILES string of the molecule is CCCC(CCBr)CNS(=O)(=O)c1ccc(F)cc1F. The summed E-state index contributed by atoms with van der Waals surface area (Å²) in [4.78, 5) is -0.520. The van der Waals surface area contributed by atoms with Gasteiger partial charge in [0.05, 0.1) is 0 Å². The van der Waals surface area contributed by atoms with E-state index in [0.717, 1.165) is 36.7 Å². The molecule has 0 heterocycles. The molecule has 0 aliphatic rings. The lowest BCUT2D eigenvalue weighted by molar-refractivity contribution is 0.457. The first kappa shape index (κ1) is 17.5. The summed E-state index contributed by atoms with van der Waals surface area (Å²) in [6.45, 7) is 2.27. The summed E-state index contributed by atoms with van der Waals surface area (Å²) in [6.07, 6.45) is 2.67. The number of hydrogen-bond acceptors (Lipinski definition) is 2. The molecule has 0 amide bonds. The minimum atomic E-state index is -3.95. The molecule has 0 saturated heterocycles. The maximum atomic E-state index is 13.5. The predicted molar refractivity (Wildman–Crippen MR) is 78.4 cm³/mol. The van der Waals surface area contributed by atoms with Crippen molar-refractivity contribution in [3.8, 4) is 0 Å². The van der Waals surface area contributed by atoms with Crippen molar-refractivity contribution in [2.75, 3.05) is 11.9 Å². The molecule has 0 aliphatic carbocycles. The van der Waals surface area contributed by atoms with Crippen molar-refractivity contribution in [3.63, 3.8) is 0 Å². The fraction of sp³-hybridized carbons (Fsp3) is 0.538. The first-order valence-electron chi connectivity index (χ1n) is 6.41. The maximum absolute atomic E-state index is 13.5. The average Bonchev–Trinajstić information content (AvgIpc) is 2.36. The summed E-state index contributed by atoms with van der Waals surface area (Å²) in [5.74, 6) is -1.69. The van der Waals surface area contributed by atoms with Gasteiger partial charge >= 0.3 is 0 Å². The van der Waals surface area contributed by atoms with Crippen molar-refractivity contribution in [2.24, 2.45) is 5.92 Å². The van der Waals surface area contributed by atoms with E-state index in [2.05, 4.69) is 20.7 Å². The minimum absolute atomic E-state index is 0.192. The van der Waals surface area contributed by atoms with Gasteiger partial charge in [0, 0.05) is 17.9 Å². The zero-order chi connectivity index (χ0) is 15.2. The standard InChI is InChI=1S/C13H18BrF2NO2S/c1-2-3-10(6-7-14)9-17-20(18,19)13-5-4-11(15)8-12(13)16/h4-5,8,10,17H,2-3,6-7,9H2,1H3. The highest BCUT2D eigenvalue weighted by Crippen LogP contribution is 2.17. The van der Waals surface area contributed by atoms with Crippen LogP contribution in [0.25, 0.3) is 0 Å². The molecule has 0 radical (unpaired) electrons. The van der Waals surface area contributed by atoms with E-state index in [1.165, 1.54) is 0 Å². The highest BCUT2D eigenvalue weighted by Gasteiger charge is 2.20. The van der Waals surface area contributed by atoms with Crippen LogP contribution < -0.4 is 4.72 Å². The van der Waals surface area contributed by atoms with Gasteiger partial charge in [-0.3, -0.25) is 0 Å². The van der Waals surface area contributed by atoms with E-state index in [1.54, 1.807) is 0 Å². The van der Waals surface area contributed by atoms with Gasteiger partial charge in [0.1, 0.15) is 16.5 Å². The summed E-state index contributed by atoms with van der Waals surface area (Å²) in [5.41, 5.74) is 0. The summed E-state index contributed by atoms with van der Waals surface area (Å²) in [6, 6.07) is 2.43. The van der Waals surface area contributed by atoms with Crippen LogP contribution in [0.2, 0.25) is 0 Å². The molecule has 1 N–H and O–H groups in total. The van der Waals surface area contributed by atoms with Gasteiger partial charge in [-0.05, 0) is 30.9 Å². The quantitative estimate of drug-likeness (QED) is 0.713. The predicted octanol–water partition coefficient (Wildman–Crippen LogP) is 3.44. The molecule has 20 heavy (non-hydrogen) atoms. The number of halogens is 3. The van der Waals surface area contributed by atoms with E-state index in [4.69, 9.17) is 0 Å². The molecular weight excluding hydrogens is 352 g/mol. The Hall–Kier alpha value is -0.530. The van der Waals surface area contributed by atoms with Gasteiger partial charge in [-0.25, -0.2) is 21.9 Å². The summed E-state index contributed by atoms with van der Waals surface area (Å²) >= 11 is 3.33. The molecule has 0 aliphatic heterocycles. The van der Waals surface area contributed by atoms with Crippen molar-refractivity contribution in [1.29, 1.82) is 0 Å². The molecule has 0 aromatic heterocycles. The third kappa shape index (κ3) is 5.10. The monoisotopic (exact) mass is 369 g/mol. The van der Waals surface area contributed by atoms with Crippen LogP contribution in [-0.4, -0.2) is 20.3 Å². The fourth-order valence-corrected chi connectivity index (χ4v) is 3.73. The second-order valence-electron chi connectivity index (χ2n) is 4.56. The number of hydrogen-bond donors (Lipinski definition) is 1. The van der Waals surface area contributed by atoms with Gasteiger partial charge in [0.2, 0.25) is 10.0 Å². The Bertz CT molecular complexity index is 531. The molecule has 1 aromatic rings. The van der Waals surface area contributed by atoms with E-state index in [9.17, 15) is 17.2 Å². The van der Waals surface area contributed by atoms with Crippen LogP contribution in [0.5, 0.6) is 0 Å². The van der Waals surface area contributed by atoms with Crippen molar-refractivity contribution in [2.45, 2.75) is 31.1 Å². The molecule has 0 saturated carbocycles. The first-order valence-corrected chi connectivity index (χ1v) is 9.01. The van der Waals surface area contributed by atoms with Crippen molar-refractivity contribution in [3.05, 3.63) is 29.8 Å². The van der Waals surface area contributed by atoms with Gasteiger partial charge in [0.15, 0.2) is 0 Å². The van der Waals surface area contributed by atoms with Gasteiger partial charge in [-0.1, -0.05) is 29.3 Å². The Morgan fingerprint density at radius 1 is 1.30 bits per heavy atom. The van der Waals surface area contributed by atoms with Crippen LogP contribution in [0.4, 0.5) is 8.78 Å². The Morgan fingerprint density at radius 2 is 2.00 bits per heavy atom. The number of benzene rings is 1. The van der Waals surface area contributed by atoms with E-state index < -0.39 is 26.6 Å². The molecular formula is C13H18BrF2NO2S. The zero-order valence-electron chi connectivity index (χ0n) is 11.2. The lowest BCUT2D eigenvalue weighted by Crippen LogP contribution is -2.30. The third-order valence-corrected chi connectivity index (χ3v) is 4.87. The molecule has 114 valence electrons. The third-order valence-electron chi connectivity index (χ3n) is 2.96. The molecule has 0 fully saturated rings. The summed E-state index contributed by atoms with van der Waals surface area (Å²) in [5, 5.41) is 0.782. The number of sulfonamides is 1. The highest BCUT2D eigenvalue weighted by molar-refractivity contribution is 9.09. The van der Waals surface area contributed by atoms with Gasteiger partial charge < -0.3 is 0 Å². The molecule has 1 aromatic carbocycles. The molecule has 7 heteroatoms. The number of nitrogens with one attached hydrogen (secondary N) is 1. The van der Waals surface area contributed by atoms with Crippen LogP contribution in [0.3, 0.4) is 0 Å². The van der Waals surface area contributed by atoms with Crippen LogP contribution in [0.15, 0.2) is 23.1 Å². The molecule has 0 bridgehead atoms. The summed E-state index contributed by atoms with van der Waals surface area (Å²) < 4.78 is 52.7. The largest absolute Gasteiger partial charge is 0.243 e. The van der Waals surface area contributed by atoms with E-state index in [0.29, 0.717) is 6.07 Å². The topological polar surface area (TPSA) is 46.2 Å². The molecule has 1 rings (SSSR count). The summed E-state index contributed by atoms with van der Waals surface area (Å²) in [7, 11) is -3.95. The van der Waals surface area contributed by atoms with Gasteiger partial charge in [0.25, 0.3) is 0 Å². The van der Waals surface area contributed by atoms with Crippen LogP contribution >= 0.6 is 15.9 Å². The van der Waals surface area contributed by atoms with Crippen molar-refractivity contribution in [1.82, 2.24) is 4.72 Å². The van der Waals surface area contributed by atoms with Crippen LogP contribution in [-0.2, 0) is 10.0 Å².